The summed E-state index contributed by atoms with van der Waals surface area (Å²) in [5, 5.41) is -0.386. The highest BCUT2D eigenvalue weighted by atomic mass is 16.3. The normalized spacial score (nSPS) is 14.4. The molecule has 0 N–H and O–H groups in total. The van der Waals surface area contributed by atoms with Crippen molar-refractivity contribution < 1.29 is 19.5 Å². The van der Waals surface area contributed by atoms with E-state index in [1.54, 1.807) is 0 Å². The first-order valence-electron chi connectivity index (χ1n) is 21.0. The van der Waals surface area contributed by atoms with E-state index in [9.17, 15) is 5.48 Å². The maximum Gasteiger partial charge on any atom is 0.164 e. The van der Waals surface area contributed by atoms with Crippen molar-refractivity contribution in [2.45, 2.75) is 0 Å². The quantitative estimate of drug-likeness (QED) is 0.182. The van der Waals surface area contributed by atoms with Gasteiger partial charge in [-0.2, -0.15) is 0 Å². The molecule has 0 fully saturated rings. The van der Waals surface area contributed by atoms with Gasteiger partial charge in [0.1, 0.15) is 11.2 Å². The Hall–Kier alpha value is -6.65. The van der Waals surface area contributed by atoms with Crippen LogP contribution >= 0.6 is 0 Å². The summed E-state index contributed by atoms with van der Waals surface area (Å²) in [7, 11) is 0. The van der Waals surface area contributed by atoms with E-state index in [0.717, 1.165) is 22.3 Å². The van der Waals surface area contributed by atoms with Crippen LogP contribution in [-0.2, 0) is 0 Å². The molecule has 0 spiro atoms. The zero-order valence-electron chi connectivity index (χ0n) is 36.6. The van der Waals surface area contributed by atoms with Crippen LogP contribution in [0.4, 0.5) is 0 Å². The molecule has 0 aliphatic rings. The van der Waals surface area contributed by atoms with Gasteiger partial charge in [-0.3, -0.25) is 0 Å². The van der Waals surface area contributed by atoms with Gasteiger partial charge in [0.2, 0.25) is 0 Å². The minimum absolute atomic E-state index is 0.0940. The van der Waals surface area contributed by atoms with Crippen molar-refractivity contribution in [2.24, 2.45) is 0 Å². The highest BCUT2D eigenvalue weighted by Crippen LogP contribution is 2.35. The molecule has 0 amide bonds. The zero-order valence-corrected chi connectivity index (χ0v) is 25.6. The Bertz CT molecular complexity index is 3170. The Morgan fingerprint density at radius 2 is 0.837 bits per heavy atom. The number of fused-ring (bicyclic) bond motifs is 3. The lowest BCUT2D eigenvalue weighted by molar-refractivity contribution is 0.669. The first-order valence-corrected chi connectivity index (χ1v) is 15.5. The maximum absolute atomic E-state index is 9.35. The monoisotopic (exact) mass is 638 g/mol. The number of furan rings is 1. The van der Waals surface area contributed by atoms with Crippen LogP contribution in [0.3, 0.4) is 0 Å². The van der Waals surface area contributed by atoms with E-state index in [2.05, 4.69) is 41.4 Å². The maximum atomic E-state index is 9.35. The lowest BCUT2D eigenvalue weighted by Crippen LogP contribution is -2.00. The highest BCUT2D eigenvalue weighted by molar-refractivity contribution is 6.07. The molecular formula is C45H29N3O. The first kappa shape index (κ1) is 19.2. The standard InChI is InChI=1S/C45H29N3O/c1-4-10-30(11-5-1)32-16-18-33(19-17-32)34-20-22-36(23-21-34)44-46-43(35-14-8-3-9-15-35)47-45(48-44)38-24-26-39-40-28-37(31-12-6-2-7-13-31)25-27-41(40)49-42(39)29-38/h1-29H/i2D,6D,7D,12D,13D,24D,25D,26D,27D,28D,29D. The van der Waals surface area contributed by atoms with Gasteiger partial charge >= 0.3 is 0 Å². The van der Waals surface area contributed by atoms with Gasteiger partial charge in [-0.1, -0.05) is 151 Å². The number of hydrogen-bond acceptors (Lipinski definition) is 4. The first-order chi connectivity index (χ1) is 28.8. The van der Waals surface area contributed by atoms with Crippen LogP contribution < -0.4 is 0 Å². The van der Waals surface area contributed by atoms with Crippen LogP contribution in [-0.4, -0.2) is 15.0 Å². The smallest absolute Gasteiger partial charge is 0.164 e. The minimum atomic E-state index is -0.683. The molecule has 0 unspecified atom stereocenters. The SMILES string of the molecule is [2H]c1c([2H])c([2H])c(-c2c([2H])c([2H])c3oc4c([2H])c(-c5nc(-c6ccccc6)nc(-c6ccc(-c7ccc(-c8ccccc8)cc7)cc6)n5)c([2H])c([2H])c4c3c2[2H])c([2H])c1[2H]. The summed E-state index contributed by atoms with van der Waals surface area (Å²) < 4.78 is 102. The topological polar surface area (TPSA) is 51.8 Å². The number of aromatic nitrogens is 3. The molecule has 7 aromatic carbocycles. The molecule has 0 saturated heterocycles. The summed E-state index contributed by atoms with van der Waals surface area (Å²) >= 11 is 0. The Kier molecular flexibility index (Phi) is 4.78. The van der Waals surface area contributed by atoms with Crippen molar-refractivity contribution in [3.05, 3.63) is 176 Å². The van der Waals surface area contributed by atoms with E-state index in [-0.39, 0.29) is 45.0 Å². The molecule has 0 radical (unpaired) electrons. The summed E-state index contributed by atoms with van der Waals surface area (Å²) in [5.41, 5.74) is 3.78. The van der Waals surface area contributed by atoms with Crippen LogP contribution in [0.1, 0.15) is 15.1 Å². The highest BCUT2D eigenvalue weighted by Gasteiger charge is 2.15. The Morgan fingerprint density at radius 3 is 1.45 bits per heavy atom. The van der Waals surface area contributed by atoms with Gasteiger partial charge in [0, 0.05) is 27.5 Å². The van der Waals surface area contributed by atoms with Crippen molar-refractivity contribution in [2.75, 3.05) is 0 Å². The minimum Gasteiger partial charge on any atom is -0.456 e. The molecular weight excluding hydrogens is 599 g/mol. The van der Waals surface area contributed by atoms with Crippen LogP contribution in [0.25, 0.3) is 89.5 Å². The molecule has 0 aliphatic heterocycles. The van der Waals surface area contributed by atoms with E-state index in [1.165, 1.54) is 0 Å². The van der Waals surface area contributed by atoms with E-state index in [1.807, 2.05) is 72.8 Å². The third-order valence-electron chi connectivity index (χ3n) is 8.12. The molecule has 0 saturated carbocycles. The molecule has 2 heterocycles. The number of rotatable bonds is 6. The molecule has 0 atom stereocenters. The van der Waals surface area contributed by atoms with Crippen molar-refractivity contribution in [3.63, 3.8) is 0 Å². The average Bonchev–Trinajstić information content (AvgIpc) is 3.70. The number of benzene rings is 7. The van der Waals surface area contributed by atoms with Gasteiger partial charge in [0.25, 0.3) is 0 Å². The van der Waals surface area contributed by atoms with Crippen LogP contribution in [0.15, 0.2) is 180 Å². The zero-order chi connectivity index (χ0) is 42.1. The lowest BCUT2D eigenvalue weighted by Gasteiger charge is -2.09. The van der Waals surface area contributed by atoms with E-state index in [0.29, 0.717) is 11.1 Å². The number of hydrogen-bond donors (Lipinski definition) is 0. The largest absolute Gasteiger partial charge is 0.456 e. The van der Waals surface area contributed by atoms with Crippen LogP contribution in [0.2, 0.25) is 0 Å². The molecule has 230 valence electrons. The third-order valence-corrected chi connectivity index (χ3v) is 8.12. The van der Waals surface area contributed by atoms with Gasteiger partial charge in [0.15, 0.2) is 17.5 Å². The fraction of sp³-hybridized carbons (Fsp3) is 0. The second kappa shape index (κ2) is 12.2. The van der Waals surface area contributed by atoms with Crippen molar-refractivity contribution in [3.8, 4) is 67.5 Å². The third kappa shape index (κ3) is 5.56. The molecule has 4 nitrogen and oxygen atoms in total. The summed E-state index contributed by atoms with van der Waals surface area (Å²) in [6, 6.07) is 28.6. The van der Waals surface area contributed by atoms with Crippen LogP contribution in [0, 0.1) is 0 Å². The lowest BCUT2D eigenvalue weighted by atomic mass is 9.99. The Labute approximate surface area is 299 Å². The molecule has 0 bridgehead atoms. The summed E-state index contributed by atoms with van der Waals surface area (Å²) in [6.45, 7) is 0. The van der Waals surface area contributed by atoms with Gasteiger partial charge < -0.3 is 4.42 Å². The van der Waals surface area contributed by atoms with E-state index in [4.69, 9.17) is 24.0 Å². The average molecular weight is 639 g/mol. The summed E-state index contributed by atoms with van der Waals surface area (Å²) in [5.74, 6) is 0.391. The molecule has 9 rings (SSSR count). The predicted octanol–water partition coefficient (Wildman–Crippen LogP) is 11.8. The summed E-state index contributed by atoms with van der Waals surface area (Å²) in [4.78, 5) is 14.2. The van der Waals surface area contributed by atoms with E-state index >= 15 is 0 Å². The molecule has 2 aromatic heterocycles. The Balaban J connectivity index is 1.20. The predicted molar refractivity (Wildman–Crippen MR) is 200 cm³/mol. The summed E-state index contributed by atoms with van der Waals surface area (Å²) in [6.07, 6.45) is 0. The molecule has 4 heteroatoms. The molecule has 49 heavy (non-hydrogen) atoms. The Morgan fingerprint density at radius 1 is 0.347 bits per heavy atom. The molecule has 0 aliphatic carbocycles. The van der Waals surface area contributed by atoms with Crippen molar-refractivity contribution in [1.29, 1.82) is 0 Å². The van der Waals surface area contributed by atoms with Gasteiger partial charge in [-0.25, -0.2) is 15.0 Å². The van der Waals surface area contributed by atoms with Crippen molar-refractivity contribution >= 4 is 21.9 Å². The van der Waals surface area contributed by atoms with Gasteiger partial charge in [-0.15, -0.1) is 0 Å². The fourth-order valence-electron chi connectivity index (χ4n) is 5.63. The second-order valence-corrected chi connectivity index (χ2v) is 11.2. The van der Waals surface area contributed by atoms with Gasteiger partial charge in [-0.05, 0) is 57.6 Å². The van der Waals surface area contributed by atoms with Crippen molar-refractivity contribution in [1.82, 2.24) is 15.0 Å². The van der Waals surface area contributed by atoms with Crippen LogP contribution in [0.5, 0.6) is 0 Å². The second-order valence-electron chi connectivity index (χ2n) is 11.2. The van der Waals surface area contributed by atoms with E-state index < -0.39 is 77.6 Å². The number of nitrogens with zero attached hydrogens (tertiary/aromatic N) is 3. The van der Waals surface area contributed by atoms with Gasteiger partial charge in [0.05, 0.1) is 15.1 Å². The fourth-order valence-corrected chi connectivity index (χ4v) is 5.63. The molecule has 9 aromatic rings.